The molecule has 33 heavy (non-hydrogen) atoms. The van der Waals surface area contributed by atoms with Gasteiger partial charge < -0.3 is 20.0 Å². The van der Waals surface area contributed by atoms with Crippen molar-refractivity contribution in [1.29, 1.82) is 0 Å². The number of carbonyl (C=O) groups excluding carboxylic acids is 1. The van der Waals surface area contributed by atoms with E-state index in [4.69, 9.17) is 4.42 Å². The summed E-state index contributed by atoms with van der Waals surface area (Å²) in [7, 11) is -3.08. The van der Waals surface area contributed by atoms with Gasteiger partial charge in [0.25, 0.3) is 0 Å². The van der Waals surface area contributed by atoms with Gasteiger partial charge in [0.2, 0.25) is 5.95 Å². The molecule has 0 bridgehead atoms. The van der Waals surface area contributed by atoms with Gasteiger partial charge in [0, 0.05) is 30.3 Å². The summed E-state index contributed by atoms with van der Waals surface area (Å²) in [4.78, 5) is 22.9. The molecule has 0 spiro atoms. The predicted molar refractivity (Wildman–Crippen MR) is 124 cm³/mol. The Morgan fingerprint density at radius 1 is 1.24 bits per heavy atom. The van der Waals surface area contributed by atoms with Crippen molar-refractivity contribution in [2.75, 3.05) is 29.6 Å². The number of sulfone groups is 1. The summed E-state index contributed by atoms with van der Waals surface area (Å²) in [5.41, 5.74) is 1.73. The van der Waals surface area contributed by atoms with E-state index in [-0.39, 0.29) is 11.7 Å². The van der Waals surface area contributed by atoms with Crippen LogP contribution in [0.2, 0.25) is 0 Å². The zero-order valence-corrected chi connectivity index (χ0v) is 19.6. The third kappa shape index (κ3) is 4.77. The van der Waals surface area contributed by atoms with Gasteiger partial charge in [-0.05, 0) is 31.0 Å². The molecule has 1 aliphatic heterocycles. The second-order valence-corrected chi connectivity index (χ2v) is 11.0. The minimum absolute atomic E-state index is 0.00712. The van der Waals surface area contributed by atoms with Crippen LogP contribution < -0.4 is 15.5 Å². The first-order chi connectivity index (χ1) is 15.5. The van der Waals surface area contributed by atoms with Gasteiger partial charge in [-0.15, -0.1) is 0 Å². The smallest absolute Gasteiger partial charge is 0.319 e. The van der Waals surface area contributed by atoms with Gasteiger partial charge in [0.15, 0.2) is 9.84 Å². The molecule has 0 unspecified atom stereocenters. The van der Waals surface area contributed by atoms with Crippen LogP contribution in [0.4, 0.5) is 20.8 Å². The number of aromatic nitrogens is 2. The standard InChI is InChI=1S/C22H26FN5O4S/c1-12(2)19(20-13(3)17-7-14(23)5-6-18(17)32-20)27-22(29)26-15-8-24-21(25-9-15)28-10-16(11-28)33(4,30)31/h5-9,12,16,19H,10-11H2,1-4H3,(H2,26,27,29)/t19-/m1/s1. The SMILES string of the molecule is Cc1c([C@H](NC(=O)Nc2cnc(N3CC(S(C)(=O)=O)C3)nc2)C(C)C)oc2ccc(F)cc12. The number of halogens is 1. The highest BCUT2D eigenvalue weighted by molar-refractivity contribution is 7.91. The highest BCUT2D eigenvalue weighted by atomic mass is 32.2. The van der Waals surface area contributed by atoms with Gasteiger partial charge in [-0.25, -0.2) is 27.6 Å². The summed E-state index contributed by atoms with van der Waals surface area (Å²) in [6, 6.07) is 3.44. The van der Waals surface area contributed by atoms with E-state index in [0.29, 0.717) is 41.5 Å². The molecule has 1 fully saturated rings. The molecule has 0 radical (unpaired) electrons. The Kier molecular flexibility index (Phi) is 6.00. The first-order valence-corrected chi connectivity index (χ1v) is 12.5. The van der Waals surface area contributed by atoms with Crippen LogP contribution in [0.3, 0.4) is 0 Å². The van der Waals surface area contributed by atoms with E-state index < -0.39 is 27.2 Å². The number of anilines is 2. The Bertz CT molecular complexity index is 1280. The molecule has 1 atom stereocenters. The van der Waals surface area contributed by atoms with E-state index in [0.717, 1.165) is 5.56 Å². The minimum atomic E-state index is -3.08. The van der Waals surface area contributed by atoms with Crippen LogP contribution in [-0.4, -0.2) is 49.0 Å². The number of nitrogens with zero attached hydrogens (tertiary/aromatic N) is 3. The predicted octanol–water partition coefficient (Wildman–Crippen LogP) is 3.42. The molecule has 2 amide bonds. The quantitative estimate of drug-likeness (QED) is 0.561. The van der Waals surface area contributed by atoms with Crippen LogP contribution >= 0.6 is 0 Å². The normalized spacial score (nSPS) is 15.5. The number of hydrogen-bond acceptors (Lipinski definition) is 7. The lowest BCUT2D eigenvalue weighted by molar-refractivity contribution is 0.241. The van der Waals surface area contributed by atoms with Crippen LogP contribution in [0.5, 0.6) is 0 Å². The Morgan fingerprint density at radius 2 is 1.91 bits per heavy atom. The third-order valence-electron chi connectivity index (χ3n) is 5.80. The van der Waals surface area contributed by atoms with E-state index in [1.807, 2.05) is 20.8 Å². The highest BCUT2D eigenvalue weighted by Crippen LogP contribution is 2.33. The van der Waals surface area contributed by atoms with E-state index in [2.05, 4.69) is 20.6 Å². The number of hydrogen-bond donors (Lipinski definition) is 2. The molecule has 1 aromatic carbocycles. The number of carbonyl (C=O) groups is 1. The minimum Gasteiger partial charge on any atom is -0.459 e. The van der Waals surface area contributed by atoms with Crippen LogP contribution in [0.1, 0.15) is 31.2 Å². The molecule has 1 aliphatic rings. The largest absolute Gasteiger partial charge is 0.459 e. The van der Waals surface area contributed by atoms with Gasteiger partial charge in [0.1, 0.15) is 17.2 Å². The van der Waals surface area contributed by atoms with Gasteiger partial charge >= 0.3 is 6.03 Å². The van der Waals surface area contributed by atoms with Crippen LogP contribution in [0.15, 0.2) is 35.0 Å². The number of fused-ring (bicyclic) bond motifs is 1. The molecule has 176 valence electrons. The molecular formula is C22H26FN5O4S. The van der Waals surface area contributed by atoms with Crippen LogP contribution in [0, 0.1) is 18.7 Å². The molecule has 2 aromatic heterocycles. The number of aryl methyl sites for hydroxylation is 1. The fraction of sp³-hybridized carbons (Fsp3) is 0.409. The Morgan fingerprint density at radius 3 is 2.52 bits per heavy atom. The molecule has 1 saturated heterocycles. The van der Waals surface area contributed by atoms with Crippen molar-refractivity contribution in [3.8, 4) is 0 Å². The number of furan rings is 1. The lowest BCUT2D eigenvalue weighted by atomic mass is 9.98. The maximum atomic E-state index is 13.7. The topological polar surface area (TPSA) is 117 Å². The zero-order valence-electron chi connectivity index (χ0n) is 18.8. The van der Waals surface area contributed by atoms with E-state index in [1.54, 1.807) is 11.0 Å². The summed E-state index contributed by atoms with van der Waals surface area (Å²) < 4.78 is 42.7. The lowest BCUT2D eigenvalue weighted by Crippen LogP contribution is -2.55. The summed E-state index contributed by atoms with van der Waals surface area (Å²) in [5, 5.41) is 5.88. The zero-order chi connectivity index (χ0) is 23.9. The fourth-order valence-electron chi connectivity index (χ4n) is 3.77. The molecular weight excluding hydrogens is 449 g/mol. The second-order valence-electron chi connectivity index (χ2n) is 8.68. The van der Waals surface area contributed by atoms with Crippen molar-refractivity contribution in [1.82, 2.24) is 15.3 Å². The average Bonchev–Trinajstić information content (AvgIpc) is 3.01. The molecule has 11 heteroatoms. The molecule has 3 aromatic rings. The van der Waals surface area contributed by atoms with Gasteiger partial charge in [-0.3, -0.25) is 0 Å². The van der Waals surface area contributed by atoms with Gasteiger partial charge in [-0.1, -0.05) is 13.8 Å². The van der Waals surface area contributed by atoms with Crippen LogP contribution in [-0.2, 0) is 9.84 Å². The van der Waals surface area contributed by atoms with Crippen molar-refractivity contribution < 1.29 is 22.0 Å². The second kappa shape index (κ2) is 8.62. The summed E-state index contributed by atoms with van der Waals surface area (Å²) in [5.74, 6) is 0.641. The van der Waals surface area contributed by atoms with Crippen LogP contribution in [0.25, 0.3) is 11.0 Å². The van der Waals surface area contributed by atoms with Crippen molar-refractivity contribution in [3.05, 3.63) is 47.7 Å². The highest BCUT2D eigenvalue weighted by Gasteiger charge is 2.35. The lowest BCUT2D eigenvalue weighted by Gasteiger charge is -2.37. The van der Waals surface area contributed by atoms with Crippen molar-refractivity contribution in [3.63, 3.8) is 0 Å². The number of benzene rings is 1. The molecule has 2 N–H and O–H groups in total. The van der Waals surface area contributed by atoms with Crippen molar-refractivity contribution in [2.24, 2.45) is 5.92 Å². The average molecular weight is 476 g/mol. The monoisotopic (exact) mass is 475 g/mol. The number of rotatable bonds is 6. The van der Waals surface area contributed by atoms with E-state index in [1.165, 1.54) is 30.8 Å². The number of urea groups is 1. The molecule has 0 aliphatic carbocycles. The van der Waals surface area contributed by atoms with Crippen molar-refractivity contribution in [2.45, 2.75) is 32.1 Å². The number of nitrogens with one attached hydrogen (secondary N) is 2. The maximum Gasteiger partial charge on any atom is 0.319 e. The maximum absolute atomic E-state index is 13.7. The summed E-state index contributed by atoms with van der Waals surface area (Å²) in [6.07, 6.45) is 4.15. The van der Waals surface area contributed by atoms with E-state index >= 15 is 0 Å². The fourth-order valence-corrected chi connectivity index (χ4v) is 4.67. The Balaban J connectivity index is 1.42. The molecule has 9 nitrogen and oxygen atoms in total. The molecule has 3 heterocycles. The van der Waals surface area contributed by atoms with Crippen molar-refractivity contribution >= 4 is 38.5 Å². The third-order valence-corrected chi connectivity index (χ3v) is 7.31. The van der Waals surface area contributed by atoms with Gasteiger partial charge in [0.05, 0.1) is 29.4 Å². The van der Waals surface area contributed by atoms with Gasteiger partial charge in [-0.2, -0.15) is 0 Å². The van der Waals surface area contributed by atoms with E-state index in [9.17, 15) is 17.6 Å². The Hall–Kier alpha value is -3.21. The first-order valence-electron chi connectivity index (χ1n) is 10.5. The summed E-state index contributed by atoms with van der Waals surface area (Å²) >= 11 is 0. The summed E-state index contributed by atoms with van der Waals surface area (Å²) in [6.45, 7) is 6.44. The molecule has 0 saturated carbocycles. The number of amides is 2. The Labute approximate surface area is 191 Å². The first kappa shape index (κ1) is 23.0. The molecule has 4 rings (SSSR count).